The van der Waals surface area contributed by atoms with Crippen LogP contribution in [0.25, 0.3) is 0 Å². The van der Waals surface area contributed by atoms with Crippen LogP contribution in [0.1, 0.15) is 18.1 Å². The molecular formula is C10H15N3O4. The van der Waals surface area contributed by atoms with Gasteiger partial charge in [0.05, 0.1) is 11.0 Å². The number of anilines is 1. The van der Waals surface area contributed by atoms with Crippen molar-refractivity contribution in [2.24, 2.45) is 5.73 Å². The van der Waals surface area contributed by atoms with Crippen molar-refractivity contribution >= 4 is 11.4 Å². The summed E-state index contributed by atoms with van der Waals surface area (Å²) in [5.41, 5.74) is 10.8. The van der Waals surface area contributed by atoms with E-state index in [2.05, 4.69) is 0 Å². The van der Waals surface area contributed by atoms with E-state index in [1.165, 1.54) is 18.2 Å². The fourth-order valence-corrected chi connectivity index (χ4v) is 1.47. The van der Waals surface area contributed by atoms with Crippen LogP contribution in [0.3, 0.4) is 0 Å². The smallest absolute Gasteiger partial charge is 0.292 e. The molecular weight excluding hydrogens is 226 g/mol. The second-order valence-corrected chi connectivity index (χ2v) is 3.66. The first kappa shape index (κ1) is 13.4. The highest BCUT2D eigenvalue weighted by Crippen LogP contribution is 2.27. The second-order valence-electron chi connectivity index (χ2n) is 3.66. The second kappa shape index (κ2) is 5.58. The van der Waals surface area contributed by atoms with Crippen LogP contribution >= 0.6 is 0 Å². The molecule has 94 valence electrons. The predicted molar refractivity (Wildman–Crippen MR) is 62.1 cm³/mol. The zero-order valence-electron chi connectivity index (χ0n) is 9.11. The fraction of sp³-hybridized carbons (Fsp3) is 0.400. The van der Waals surface area contributed by atoms with Gasteiger partial charge in [-0.1, -0.05) is 0 Å². The van der Waals surface area contributed by atoms with E-state index in [1.807, 2.05) is 0 Å². The quantitative estimate of drug-likeness (QED) is 0.323. The van der Waals surface area contributed by atoms with Gasteiger partial charge in [-0.05, 0) is 30.7 Å². The Morgan fingerprint density at radius 1 is 1.41 bits per heavy atom. The molecule has 0 aliphatic rings. The molecule has 0 fully saturated rings. The molecule has 0 aromatic heterocycles. The maximum Gasteiger partial charge on any atom is 0.292 e. The van der Waals surface area contributed by atoms with Crippen LogP contribution in [0, 0.1) is 10.1 Å². The lowest BCUT2D eigenvalue weighted by atomic mass is 10.0. The van der Waals surface area contributed by atoms with Crippen LogP contribution in [-0.4, -0.2) is 27.8 Å². The third-order valence-electron chi connectivity index (χ3n) is 2.42. The Kier molecular flexibility index (Phi) is 4.38. The summed E-state index contributed by atoms with van der Waals surface area (Å²) in [7, 11) is 0. The molecule has 2 unspecified atom stereocenters. The minimum atomic E-state index is -1.15. The van der Waals surface area contributed by atoms with E-state index in [-0.39, 0.29) is 24.3 Å². The molecule has 7 heteroatoms. The van der Waals surface area contributed by atoms with Gasteiger partial charge in [0.2, 0.25) is 0 Å². The summed E-state index contributed by atoms with van der Waals surface area (Å²) in [4.78, 5) is 9.93. The number of aliphatic hydroxyl groups is 2. The van der Waals surface area contributed by atoms with Crippen molar-refractivity contribution in [1.29, 1.82) is 0 Å². The molecule has 0 heterocycles. The lowest BCUT2D eigenvalue weighted by Gasteiger charge is -2.17. The van der Waals surface area contributed by atoms with Gasteiger partial charge in [0.25, 0.3) is 5.69 Å². The van der Waals surface area contributed by atoms with Crippen LogP contribution in [0.5, 0.6) is 0 Å². The Morgan fingerprint density at radius 2 is 2.06 bits per heavy atom. The standard InChI is InChI=1S/C10H15N3O4/c11-4-3-9(14)10(15)6-1-2-8(13(16)17)7(12)5-6/h1-2,5,9-10,14-15H,3-4,11-12H2. The number of nitro benzene ring substituents is 1. The highest BCUT2D eigenvalue weighted by atomic mass is 16.6. The summed E-state index contributed by atoms with van der Waals surface area (Å²) in [6, 6.07) is 3.84. The highest BCUT2D eigenvalue weighted by molar-refractivity contribution is 5.59. The SMILES string of the molecule is NCCC(O)C(O)c1ccc([N+](=O)[O-])c(N)c1. The molecule has 0 amide bonds. The molecule has 1 rings (SSSR count). The van der Waals surface area contributed by atoms with Gasteiger partial charge < -0.3 is 21.7 Å². The van der Waals surface area contributed by atoms with Crippen LogP contribution in [-0.2, 0) is 0 Å². The van der Waals surface area contributed by atoms with Crippen LogP contribution in [0.15, 0.2) is 18.2 Å². The summed E-state index contributed by atoms with van der Waals surface area (Å²) in [5.74, 6) is 0. The zero-order valence-corrected chi connectivity index (χ0v) is 9.11. The molecule has 2 atom stereocenters. The Morgan fingerprint density at radius 3 is 2.53 bits per heavy atom. The lowest BCUT2D eigenvalue weighted by molar-refractivity contribution is -0.383. The normalized spacial score (nSPS) is 14.3. The number of hydrogen-bond acceptors (Lipinski definition) is 6. The van der Waals surface area contributed by atoms with Crippen molar-refractivity contribution in [2.45, 2.75) is 18.6 Å². The lowest BCUT2D eigenvalue weighted by Crippen LogP contribution is -2.21. The molecule has 0 aliphatic heterocycles. The van der Waals surface area contributed by atoms with Crippen molar-refractivity contribution in [3.05, 3.63) is 33.9 Å². The molecule has 0 radical (unpaired) electrons. The number of nitro groups is 1. The number of benzene rings is 1. The average Bonchev–Trinajstić information content (AvgIpc) is 2.27. The van der Waals surface area contributed by atoms with Crippen molar-refractivity contribution in [3.8, 4) is 0 Å². The van der Waals surface area contributed by atoms with E-state index in [0.717, 1.165) is 0 Å². The number of nitrogens with zero attached hydrogens (tertiary/aromatic N) is 1. The summed E-state index contributed by atoms with van der Waals surface area (Å²) in [6.07, 6.45) is -1.93. The van der Waals surface area contributed by atoms with Crippen molar-refractivity contribution in [3.63, 3.8) is 0 Å². The first-order valence-corrected chi connectivity index (χ1v) is 5.07. The molecule has 6 N–H and O–H groups in total. The predicted octanol–water partition coefficient (Wildman–Crippen LogP) is -0.0799. The van der Waals surface area contributed by atoms with Crippen molar-refractivity contribution < 1.29 is 15.1 Å². The number of rotatable bonds is 5. The third-order valence-corrected chi connectivity index (χ3v) is 2.42. The largest absolute Gasteiger partial charge is 0.393 e. The number of nitrogens with two attached hydrogens (primary N) is 2. The Balaban J connectivity index is 2.93. The van der Waals surface area contributed by atoms with Crippen LogP contribution in [0.4, 0.5) is 11.4 Å². The molecule has 0 bridgehead atoms. The van der Waals surface area contributed by atoms with E-state index in [9.17, 15) is 20.3 Å². The maximum atomic E-state index is 10.5. The average molecular weight is 241 g/mol. The summed E-state index contributed by atoms with van der Waals surface area (Å²) < 4.78 is 0. The third kappa shape index (κ3) is 3.13. The summed E-state index contributed by atoms with van der Waals surface area (Å²) >= 11 is 0. The van der Waals surface area contributed by atoms with Gasteiger partial charge in [0, 0.05) is 6.07 Å². The van der Waals surface area contributed by atoms with Gasteiger partial charge in [-0.25, -0.2) is 0 Å². The van der Waals surface area contributed by atoms with E-state index in [1.54, 1.807) is 0 Å². The molecule has 0 aliphatic carbocycles. The number of nitrogen functional groups attached to an aromatic ring is 1. The minimum absolute atomic E-state index is 0.0495. The molecule has 0 saturated carbocycles. The molecule has 0 spiro atoms. The van der Waals surface area contributed by atoms with Gasteiger partial charge in [0.1, 0.15) is 11.8 Å². The summed E-state index contributed by atoms with van der Waals surface area (Å²) in [6.45, 7) is 0.237. The fourth-order valence-electron chi connectivity index (χ4n) is 1.47. The topological polar surface area (TPSA) is 136 Å². The Bertz CT molecular complexity index is 411. The number of aliphatic hydroxyl groups excluding tert-OH is 2. The van der Waals surface area contributed by atoms with Crippen molar-refractivity contribution in [2.75, 3.05) is 12.3 Å². The molecule has 1 aromatic rings. The molecule has 0 saturated heterocycles. The summed E-state index contributed by atoms with van der Waals surface area (Å²) in [5, 5.41) is 29.8. The Hall–Kier alpha value is -1.70. The van der Waals surface area contributed by atoms with Crippen LogP contribution in [0.2, 0.25) is 0 Å². The minimum Gasteiger partial charge on any atom is -0.393 e. The highest BCUT2D eigenvalue weighted by Gasteiger charge is 2.20. The first-order valence-electron chi connectivity index (χ1n) is 5.07. The van der Waals surface area contributed by atoms with E-state index >= 15 is 0 Å². The monoisotopic (exact) mass is 241 g/mol. The van der Waals surface area contributed by atoms with Crippen molar-refractivity contribution in [1.82, 2.24) is 0 Å². The Labute approximate surface area is 97.8 Å². The molecule has 7 nitrogen and oxygen atoms in total. The maximum absolute atomic E-state index is 10.5. The van der Waals surface area contributed by atoms with Gasteiger partial charge in [-0.15, -0.1) is 0 Å². The van der Waals surface area contributed by atoms with E-state index < -0.39 is 17.1 Å². The van der Waals surface area contributed by atoms with Gasteiger partial charge in [-0.2, -0.15) is 0 Å². The molecule has 1 aromatic carbocycles. The van der Waals surface area contributed by atoms with Crippen LogP contribution < -0.4 is 11.5 Å². The van der Waals surface area contributed by atoms with Gasteiger partial charge in [-0.3, -0.25) is 10.1 Å². The first-order chi connectivity index (χ1) is 7.97. The number of hydrogen-bond donors (Lipinski definition) is 4. The van der Waals surface area contributed by atoms with Gasteiger partial charge >= 0.3 is 0 Å². The van der Waals surface area contributed by atoms with E-state index in [4.69, 9.17) is 11.5 Å². The zero-order chi connectivity index (χ0) is 13.0. The van der Waals surface area contributed by atoms with Gasteiger partial charge in [0.15, 0.2) is 0 Å². The van der Waals surface area contributed by atoms with E-state index in [0.29, 0.717) is 5.56 Å². The molecule has 17 heavy (non-hydrogen) atoms.